The quantitative estimate of drug-likeness (QED) is 0.734. The molecule has 17 heavy (non-hydrogen) atoms. The summed E-state index contributed by atoms with van der Waals surface area (Å²) in [7, 11) is 1.57. The van der Waals surface area contributed by atoms with Gasteiger partial charge in [-0.2, -0.15) is 0 Å². The number of rotatable bonds is 5. The van der Waals surface area contributed by atoms with Gasteiger partial charge in [-0.1, -0.05) is 0 Å². The average Bonchev–Trinajstić information content (AvgIpc) is 2.34. The van der Waals surface area contributed by atoms with Gasteiger partial charge in [0.25, 0.3) is 5.91 Å². The number of amides is 2. The molecule has 2 N–H and O–H groups in total. The first kappa shape index (κ1) is 13.0. The molecule has 0 aliphatic carbocycles. The van der Waals surface area contributed by atoms with Crippen LogP contribution in [0, 0.1) is 0 Å². The number of benzene rings is 1. The van der Waals surface area contributed by atoms with Crippen LogP contribution in [0.25, 0.3) is 0 Å². The molecule has 1 aromatic carbocycles. The lowest BCUT2D eigenvalue weighted by Gasteiger charge is -2.06. The maximum Gasteiger partial charge on any atom is 0.251 e. The minimum Gasteiger partial charge on any atom is -0.497 e. The molecule has 92 valence electrons. The van der Waals surface area contributed by atoms with Crippen LogP contribution in [-0.4, -0.2) is 32.0 Å². The fourth-order valence-electron chi connectivity index (χ4n) is 1.26. The zero-order chi connectivity index (χ0) is 12.7. The zero-order valence-corrected chi connectivity index (χ0v) is 9.95. The predicted octanol–water partition coefficient (Wildman–Crippen LogP) is 0.561. The van der Waals surface area contributed by atoms with Crippen molar-refractivity contribution in [1.82, 2.24) is 10.6 Å². The molecule has 0 radical (unpaired) electrons. The van der Waals surface area contributed by atoms with Gasteiger partial charge >= 0.3 is 0 Å². The molecule has 0 fully saturated rings. The largest absolute Gasteiger partial charge is 0.497 e. The van der Waals surface area contributed by atoms with E-state index in [4.69, 9.17) is 4.74 Å². The van der Waals surface area contributed by atoms with E-state index in [-0.39, 0.29) is 11.8 Å². The summed E-state index contributed by atoms with van der Waals surface area (Å²) in [5, 5.41) is 5.29. The Kier molecular flexibility index (Phi) is 5.00. The smallest absolute Gasteiger partial charge is 0.251 e. The molecular formula is C12H16N2O3. The number of carbonyl (C=O) groups excluding carboxylic acids is 2. The van der Waals surface area contributed by atoms with Gasteiger partial charge in [0.15, 0.2) is 0 Å². The number of nitrogens with one attached hydrogen (secondary N) is 2. The first-order valence-corrected chi connectivity index (χ1v) is 5.30. The highest BCUT2D eigenvalue weighted by atomic mass is 16.5. The van der Waals surface area contributed by atoms with Crippen molar-refractivity contribution < 1.29 is 14.3 Å². The lowest BCUT2D eigenvalue weighted by molar-refractivity contribution is -0.118. The average molecular weight is 236 g/mol. The van der Waals surface area contributed by atoms with Crippen molar-refractivity contribution in [3.63, 3.8) is 0 Å². The summed E-state index contributed by atoms with van der Waals surface area (Å²) >= 11 is 0. The molecule has 0 heterocycles. The Bertz CT molecular complexity index is 387. The summed E-state index contributed by atoms with van der Waals surface area (Å²) in [5.74, 6) is 0.432. The standard InChI is InChI=1S/C12H16N2O3/c1-9(15)13-7-8-14-12(16)10-3-5-11(17-2)6-4-10/h3-6H,7-8H2,1-2H3,(H,13,15)(H,14,16). The third-order valence-corrected chi connectivity index (χ3v) is 2.14. The van der Waals surface area contributed by atoms with Crippen LogP contribution >= 0.6 is 0 Å². The van der Waals surface area contributed by atoms with Gasteiger partial charge in [-0.3, -0.25) is 9.59 Å². The Morgan fingerprint density at radius 1 is 1.12 bits per heavy atom. The second-order valence-electron chi connectivity index (χ2n) is 3.47. The number of hydrogen-bond donors (Lipinski definition) is 2. The van der Waals surface area contributed by atoms with E-state index >= 15 is 0 Å². The molecule has 0 unspecified atom stereocenters. The second kappa shape index (κ2) is 6.52. The minimum absolute atomic E-state index is 0.108. The third-order valence-electron chi connectivity index (χ3n) is 2.14. The molecule has 0 spiro atoms. The monoisotopic (exact) mass is 236 g/mol. The van der Waals surface area contributed by atoms with E-state index < -0.39 is 0 Å². The van der Waals surface area contributed by atoms with Crippen molar-refractivity contribution in [2.24, 2.45) is 0 Å². The van der Waals surface area contributed by atoms with E-state index in [1.807, 2.05) is 0 Å². The van der Waals surface area contributed by atoms with E-state index in [1.54, 1.807) is 31.4 Å². The normalized spacial score (nSPS) is 9.53. The molecule has 5 nitrogen and oxygen atoms in total. The van der Waals surface area contributed by atoms with Gasteiger partial charge in [0.2, 0.25) is 5.91 Å². The van der Waals surface area contributed by atoms with Crippen LogP contribution < -0.4 is 15.4 Å². The molecule has 0 bridgehead atoms. The third kappa shape index (κ3) is 4.55. The molecule has 5 heteroatoms. The summed E-state index contributed by atoms with van der Waals surface area (Å²) in [4.78, 5) is 22.2. The Morgan fingerprint density at radius 3 is 2.24 bits per heavy atom. The van der Waals surface area contributed by atoms with Crippen molar-refractivity contribution >= 4 is 11.8 Å². The van der Waals surface area contributed by atoms with Crippen molar-refractivity contribution in [2.45, 2.75) is 6.92 Å². The lowest BCUT2D eigenvalue weighted by atomic mass is 10.2. The van der Waals surface area contributed by atoms with Gasteiger partial charge in [0, 0.05) is 25.6 Å². The highest BCUT2D eigenvalue weighted by Gasteiger charge is 2.04. The first-order chi connectivity index (χ1) is 8.13. The van der Waals surface area contributed by atoms with Gasteiger partial charge in [0.05, 0.1) is 7.11 Å². The lowest BCUT2D eigenvalue weighted by Crippen LogP contribution is -2.33. The summed E-state index contributed by atoms with van der Waals surface area (Å²) in [6.45, 7) is 2.27. The number of carbonyl (C=O) groups is 2. The Labute approximate surface area is 100 Å². The molecule has 0 atom stereocenters. The van der Waals surface area contributed by atoms with Gasteiger partial charge in [-0.05, 0) is 24.3 Å². The Balaban J connectivity index is 2.38. The van der Waals surface area contributed by atoms with Gasteiger partial charge in [-0.15, -0.1) is 0 Å². The van der Waals surface area contributed by atoms with E-state index in [2.05, 4.69) is 10.6 Å². The van der Waals surface area contributed by atoms with Crippen LogP contribution in [-0.2, 0) is 4.79 Å². The van der Waals surface area contributed by atoms with Crippen LogP contribution in [0.1, 0.15) is 17.3 Å². The van der Waals surface area contributed by atoms with E-state index in [0.29, 0.717) is 24.4 Å². The topological polar surface area (TPSA) is 67.4 Å². The van der Waals surface area contributed by atoms with Crippen LogP contribution in [0.3, 0.4) is 0 Å². The van der Waals surface area contributed by atoms with Gasteiger partial charge < -0.3 is 15.4 Å². The highest BCUT2D eigenvalue weighted by Crippen LogP contribution is 2.10. The zero-order valence-electron chi connectivity index (χ0n) is 9.95. The molecule has 1 rings (SSSR count). The van der Waals surface area contributed by atoms with E-state index in [0.717, 1.165) is 0 Å². The summed E-state index contributed by atoms with van der Waals surface area (Å²) < 4.78 is 4.99. The molecule has 2 amide bonds. The van der Waals surface area contributed by atoms with Crippen molar-refractivity contribution in [3.05, 3.63) is 29.8 Å². The van der Waals surface area contributed by atoms with Crippen molar-refractivity contribution in [2.75, 3.05) is 20.2 Å². The maximum atomic E-state index is 11.6. The highest BCUT2D eigenvalue weighted by molar-refractivity contribution is 5.94. The van der Waals surface area contributed by atoms with Crippen LogP contribution in [0.5, 0.6) is 5.75 Å². The van der Waals surface area contributed by atoms with E-state index in [9.17, 15) is 9.59 Å². The van der Waals surface area contributed by atoms with Crippen molar-refractivity contribution in [1.29, 1.82) is 0 Å². The van der Waals surface area contributed by atoms with Crippen molar-refractivity contribution in [3.8, 4) is 5.75 Å². The predicted molar refractivity (Wildman–Crippen MR) is 64.0 cm³/mol. The van der Waals surface area contributed by atoms with Crippen LogP contribution in [0.4, 0.5) is 0 Å². The molecule has 0 saturated carbocycles. The van der Waals surface area contributed by atoms with E-state index in [1.165, 1.54) is 6.92 Å². The first-order valence-electron chi connectivity index (χ1n) is 5.30. The summed E-state index contributed by atoms with van der Waals surface area (Å²) in [5.41, 5.74) is 0.564. The fraction of sp³-hybridized carbons (Fsp3) is 0.333. The molecule has 0 aliphatic rings. The van der Waals surface area contributed by atoms with Crippen LogP contribution in [0.2, 0.25) is 0 Å². The fourth-order valence-corrected chi connectivity index (χ4v) is 1.26. The molecule has 0 aliphatic heterocycles. The molecule has 0 aromatic heterocycles. The second-order valence-corrected chi connectivity index (χ2v) is 3.47. The van der Waals surface area contributed by atoms with Crippen LogP contribution in [0.15, 0.2) is 24.3 Å². The Hall–Kier alpha value is -2.04. The molecule has 1 aromatic rings. The number of hydrogen-bond acceptors (Lipinski definition) is 3. The summed E-state index contributed by atoms with van der Waals surface area (Å²) in [6, 6.07) is 6.82. The SMILES string of the molecule is COc1ccc(C(=O)NCCNC(C)=O)cc1. The Morgan fingerprint density at radius 2 is 1.71 bits per heavy atom. The minimum atomic E-state index is -0.169. The summed E-state index contributed by atoms with van der Waals surface area (Å²) in [6.07, 6.45) is 0. The molecular weight excluding hydrogens is 220 g/mol. The number of ether oxygens (including phenoxy) is 1. The molecule has 0 saturated heterocycles. The maximum absolute atomic E-state index is 11.6. The van der Waals surface area contributed by atoms with Gasteiger partial charge in [-0.25, -0.2) is 0 Å². The van der Waals surface area contributed by atoms with Gasteiger partial charge in [0.1, 0.15) is 5.75 Å². The number of methoxy groups -OCH3 is 1.